The van der Waals surface area contributed by atoms with Crippen molar-refractivity contribution in [1.29, 1.82) is 0 Å². The molecule has 22 heavy (non-hydrogen) atoms. The molecule has 0 aromatic rings. The highest BCUT2D eigenvalue weighted by molar-refractivity contribution is 5.77. The van der Waals surface area contributed by atoms with Crippen molar-refractivity contribution in [3.05, 3.63) is 0 Å². The minimum atomic E-state index is -3.99. The molecule has 0 aliphatic carbocycles. The van der Waals surface area contributed by atoms with Gasteiger partial charge in [-0.3, -0.25) is 4.79 Å². The Bertz CT molecular complexity index is 438. The maximum Gasteiger partial charge on any atom is 0.372 e. The van der Waals surface area contributed by atoms with Crippen molar-refractivity contribution in [1.82, 2.24) is 5.32 Å². The largest absolute Gasteiger partial charge is 0.477 e. The topological polar surface area (TPSA) is 157 Å². The molecule has 0 aromatic carbocycles. The van der Waals surface area contributed by atoms with Gasteiger partial charge in [0, 0.05) is 6.92 Å². The van der Waals surface area contributed by atoms with E-state index in [1.54, 1.807) is 0 Å². The number of hydrogen-bond donors (Lipinski definition) is 6. The van der Waals surface area contributed by atoms with Gasteiger partial charge >= 0.3 is 11.8 Å². The first-order chi connectivity index (χ1) is 10.1. The average molecular weight is 329 g/mol. The Morgan fingerprint density at radius 1 is 1.41 bits per heavy atom. The summed E-state index contributed by atoms with van der Waals surface area (Å²) in [7, 11) is 0. The van der Waals surface area contributed by atoms with E-state index in [2.05, 4.69) is 4.74 Å². The Hall–Kier alpha value is -1.40. The van der Waals surface area contributed by atoms with Crippen LogP contribution in [0.3, 0.4) is 0 Å². The lowest BCUT2D eigenvalue weighted by Gasteiger charge is -2.45. The molecule has 1 saturated heterocycles. The highest BCUT2D eigenvalue weighted by Crippen LogP contribution is 2.35. The first kappa shape index (κ1) is 18.6. The van der Waals surface area contributed by atoms with Crippen LogP contribution in [0.15, 0.2) is 0 Å². The number of aliphatic hydroxyl groups is 4. The second kappa shape index (κ2) is 6.79. The Balaban J connectivity index is 3.19. The van der Waals surface area contributed by atoms with E-state index in [9.17, 15) is 33.7 Å². The third-order valence-electron chi connectivity index (χ3n) is 3.26. The van der Waals surface area contributed by atoms with Gasteiger partial charge in [-0.25, -0.2) is 9.18 Å². The van der Waals surface area contributed by atoms with Crippen LogP contribution in [0.5, 0.6) is 0 Å². The maximum absolute atomic E-state index is 14.1. The van der Waals surface area contributed by atoms with E-state index in [0.29, 0.717) is 0 Å². The monoisotopic (exact) mass is 329 g/mol. The number of carbonyl (C=O) groups excluding carboxylic acids is 1. The second-order valence-electron chi connectivity index (χ2n) is 4.89. The lowest BCUT2D eigenvalue weighted by atomic mass is 9.88. The first-order valence-corrected chi connectivity index (χ1v) is 6.22. The molecule has 0 radical (unpaired) electrons. The number of carboxylic acid groups (broad SMARTS) is 1. The van der Waals surface area contributed by atoms with E-state index in [1.165, 1.54) is 0 Å². The molecule has 128 valence electrons. The molecule has 0 spiro atoms. The molecule has 11 heteroatoms. The molecular weight excluding hydrogens is 312 g/mol. The van der Waals surface area contributed by atoms with Crippen molar-refractivity contribution in [2.75, 3.05) is 6.61 Å². The number of alkyl halides is 2. The molecule has 1 rings (SSSR count). The number of ether oxygens (including phenoxy) is 1. The van der Waals surface area contributed by atoms with Gasteiger partial charge in [0.2, 0.25) is 5.91 Å². The summed E-state index contributed by atoms with van der Waals surface area (Å²) in [4.78, 5) is 21.9. The van der Waals surface area contributed by atoms with Crippen molar-refractivity contribution in [2.24, 2.45) is 0 Å². The Morgan fingerprint density at radius 2 is 1.95 bits per heavy atom. The van der Waals surface area contributed by atoms with E-state index in [0.717, 1.165) is 6.92 Å². The molecule has 0 saturated carbocycles. The Morgan fingerprint density at radius 3 is 2.36 bits per heavy atom. The fraction of sp³-hybridized carbons (Fsp3) is 0.818. The molecule has 1 aliphatic rings. The van der Waals surface area contributed by atoms with Gasteiger partial charge in [-0.05, 0) is 0 Å². The van der Waals surface area contributed by atoms with E-state index in [-0.39, 0.29) is 0 Å². The Kier molecular flexibility index (Phi) is 5.76. The SMILES string of the molecule is CC(=O)NC1C(O)C(F)C(F)(C(=O)O)OC1[C@H](O)[C@H](O)CO. The number of carbonyl (C=O) groups is 2. The van der Waals surface area contributed by atoms with Crippen LogP contribution < -0.4 is 5.32 Å². The summed E-state index contributed by atoms with van der Waals surface area (Å²) < 4.78 is 32.3. The first-order valence-electron chi connectivity index (χ1n) is 6.22. The lowest BCUT2D eigenvalue weighted by Crippen LogP contribution is -2.71. The third kappa shape index (κ3) is 3.33. The maximum atomic E-state index is 14.1. The molecule has 9 nitrogen and oxygen atoms in total. The molecule has 6 N–H and O–H groups in total. The normalized spacial score (nSPS) is 38.1. The van der Waals surface area contributed by atoms with E-state index < -0.39 is 61.0 Å². The van der Waals surface area contributed by atoms with Crippen LogP contribution in [0.4, 0.5) is 8.78 Å². The van der Waals surface area contributed by atoms with Crippen LogP contribution in [-0.4, -0.2) is 86.5 Å². The number of carboxylic acids is 1. The number of aliphatic hydroxyl groups excluding tert-OH is 4. The van der Waals surface area contributed by atoms with Gasteiger partial charge in [0.15, 0.2) is 6.17 Å². The van der Waals surface area contributed by atoms with E-state index >= 15 is 0 Å². The van der Waals surface area contributed by atoms with Gasteiger partial charge < -0.3 is 35.6 Å². The van der Waals surface area contributed by atoms with Gasteiger partial charge in [-0.15, -0.1) is 0 Å². The van der Waals surface area contributed by atoms with Gasteiger partial charge in [0.05, 0.1) is 12.6 Å². The second-order valence-corrected chi connectivity index (χ2v) is 4.89. The summed E-state index contributed by atoms with van der Waals surface area (Å²) in [5, 5.41) is 48.3. The number of amides is 1. The summed E-state index contributed by atoms with van der Waals surface area (Å²) in [5.41, 5.74) is 0. The number of hydrogen-bond acceptors (Lipinski definition) is 7. The van der Waals surface area contributed by atoms with Gasteiger partial charge in [0.25, 0.3) is 0 Å². The van der Waals surface area contributed by atoms with Crippen molar-refractivity contribution in [3.63, 3.8) is 0 Å². The zero-order chi connectivity index (χ0) is 17.2. The third-order valence-corrected chi connectivity index (χ3v) is 3.26. The molecule has 0 aromatic heterocycles. The predicted octanol–water partition coefficient (Wildman–Crippen LogP) is -2.95. The van der Waals surface area contributed by atoms with Crippen LogP contribution >= 0.6 is 0 Å². The minimum Gasteiger partial charge on any atom is -0.477 e. The zero-order valence-corrected chi connectivity index (χ0v) is 11.4. The van der Waals surface area contributed by atoms with Crippen LogP contribution in [-0.2, 0) is 14.3 Å². The van der Waals surface area contributed by atoms with E-state index in [1.807, 2.05) is 5.32 Å². The quantitative estimate of drug-likeness (QED) is 0.313. The molecule has 7 atom stereocenters. The average Bonchev–Trinajstić information content (AvgIpc) is 2.45. The molecule has 5 unspecified atom stereocenters. The van der Waals surface area contributed by atoms with Crippen molar-refractivity contribution >= 4 is 11.9 Å². The predicted molar refractivity (Wildman–Crippen MR) is 64.0 cm³/mol. The van der Waals surface area contributed by atoms with Gasteiger partial charge in [0.1, 0.15) is 24.4 Å². The van der Waals surface area contributed by atoms with E-state index in [4.69, 9.17) is 10.2 Å². The summed E-state index contributed by atoms with van der Waals surface area (Å²) in [6.07, 6.45) is -11.4. The van der Waals surface area contributed by atoms with Crippen LogP contribution in [0.1, 0.15) is 6.92 Å². The summed E-state index contributed by atoms with van der Waals surface area (Å²) in [6, 6.07) is -1.74. The van der Waals surface area contributed by atoms with Crippen LogP contribution in [0, 0.1) is 0 Å². The van der Waals surface area contributed by atoms with Crippen LogP contribution in [0.2, 0.25) is 0 Å². The van der Waals surface area contributed by atoms with Crippen molar-refractivity contribution in [3.8, 4) is 0 Å². The minimum absolute atomic E-state index is 0.808. The summed E-state index contributed by atoms with van der Waals surface area (Å²) in [5.74, 6) is -7.19. The van der Waals surface area contributed by atoms with Crippen LogP contribution in [0.25, 0.3) is 0 Å². The molecule has 1 amide bonds. The lowest BCUT2D eigenvalue weighted by molar-refractivity contribution is -0.293. The molecule has 1 fully saturated rings. The highest BCUT2D eigenvalue weighted by Gasteiger charge is 2.62. The molecular formula is C11H17F2NO8. The summed E-state index contributed by atoms with van der Waals surface area (Å²) in [6.45, 7) is -0.0321. The zero-order valence-electron chi connectivity index (χ0n) is 11.4. The molecule has 1 heterocycles. The number of rotatable bonds is 5. The molecule has 0 bridgehead atoms. The fourth-order valence-electron chi connectivity index (χ4n) is 2.11. The highest BCUT2D eigenvalue weighted by atomic mass is 19.2. The van der Waals surface area contributed by atoms with Gasteiger partial charge in [-0.1, -0.05) is 0 Å². The fourth-order valence-corrected chi connectivity index (χ4v) is 2.11. The van der Waals surface area contributed by atoms with Gasteiger partial charge in [-0.2, -0.15) is 4.39 Å². The van der Waals surface area contributed by atoms with Crippen molar-refractivity contribution < 1.29 is 48.6 Å². The standard InChI is InChI=1S/C11H17F2NO8/c1-3(16)14-5-7(19)9(12)11(13,10(20)21)22-8(5)6(18)4(17)2-15/h4-9,15,17-19H,2H2,1H3,(H,14,16)(H,20,21)/t4-,5?,6-,7?,8?,9?,11?/m1/s1. The number of halogens is 2. The number of nitrogens with one attached hydrogen (secondary N) is 1. The summed E-state index contributed by atoms with van der Waals surface area (Å²) >= 11 is 0. The smallest absolute Gasteiger partial charge is 0.372 e. The van der Waals surface area contributed by atoms with Crippen molar-refractivity contribution in [2.45, 2.75) is 49.4 Å². The molecule has 1 aliphatic heterocycles. The Labute approximate surface area is 123 Å². The number of aliphatic carboxylic acids is 1.